The van der Waals surface area contributed by atoms with Crippen LogP contribution in [0.4, 0.5) is 4.39 Å². The average Bonchev–Trinajstić information content (AvgIpc) is 2.84. The Morgan fingerprint density at radius 2 is 2.05 bits per heavy atom. The molecule has 0 bridgehead atoms. The van der Waals surface area contributed by atoms with Gasteiger partial charge >= 0.3 is 0 Å². The number of halogens is 2. The van der Waals surface area contributed by atoms with Gasteiger partial charge in [0.15, 0.2) is 0 Å². The van der Waals surface area contributed by atoms with Crippen LogP contribution in [0.15, 0.2) is 34.9 Å². The van der Waals surface area contributed by atoms with Crippen molar-refractivity contribution in [3.05, 3.63) is 52.7 Å². The van der Waals surface area contributed by atoms with E-state index in [-0.39, 0.29) is 17.2 Å². The predicted octanol–water partition coefficient (Wildman–Crippen LogP) is 4.54. The number of ether oxygens (including phenoxy) is 1. The summed E-state index contributed by atoms with van der Waals surface area (Å²) in [7, 11) is 0. The zero-order valence-electron chi connectivity index (χ0n) is 12.4. The van der Waals surface area contributed by atoms with Crippen molar-refractivity contribution in [1.29, 1.82) is 0 Å². The monoisotopic (exact) mass is 311 g/mol. The predicted molar refractivity (Wildman–Crippen MR) is 81.0 cm³/mol. The molecule has 0 saturated carbocycles. The maximum absolute atomic E-state index is 13.3. The normalized spacial score (nSPS) is 11.7. The van der Waals surface area contributed by atoms with E-state index in [9.17, 15) is 4.39 Å². The minimum absolute atomic E-state index is 0.0225. The highest BCUT2D eigenvalue weighted by atomic mass is 35.5. The van der Waals surface area contributed by atoms with Crippen LogP contribution in [0.25, 0.3) is 0 Å². The fraction of sp³-hybridized carbons (Fsp3) is 0.375. The van der Waals surface area contributed by atoms with E-state index in [4.69, 9.17) is 20.8 Å². The van der Waals surface area contributed by atoms with Gasteiger partial charge in [-0.2, -0.15) is 0 Å². The van der Waals surface area contributed by atoms with Crippen molar-refractivity contribution in [2.45, 2.75) is 39.5 Å². The third kappa shape index (κ3) is 4.76. The third-order valence-electron chi connectivity index (χ3n) is 2.91. The van der Waals surface area contributed by atoms with E-state index in [0.717, 1.165) is 11.3 Å². The summed E-state index contributed by atoms with van der Waals surface area (Å²) < 4.78 is 24.3. The van der Waals surface area contributed by atoms with Gasteiger partial charge in [0.2, 0.25) is 0 Å². The molecule has 0 aliphatic rings. The molecule has 1 aromatic carbocycles. The summed E-state index contributed by atoms with van der Waals surface area (Å²) in [5, 5.41) is 3.47. The Kier molecular flexibility index (Phi) is 4.91. The van der Waals surface area contributed by atoms with Crippen molar-refractivity contribution in [1.82, 2.24) is 5.32 Å². The average molecular weight is 312 g/mol. The van der Waals surface area contributed by atoms with Gasteiger partial charge in [0.05, 0.1) is 11.3 Å². The largest absolute Gasteiger partial charge is 0.486 e. The fourth-order valence-electron chi connectivity index (χ4n) is 1.73. The summed E-state index contributed by atoms with van der Waals surface area (Å²) in [6.45, 7) is 7.22. The van der Waals surface area contributed by atoms with Crippen LogP contribution >= 0.6 is 11.6 Å². The number of benzene rings is 1. The molecule has 1 heterocycles. The van der Waals surface area contributed by atoms with Crippen molar-refractivity contribution in [3.63, 3.8) is 0 Å². The highest BCUT2D eigenvalue weighted by molar-refractivity contribution is 6.30. The standard InChI is InChI=1S/C16H19ClFNO2/c1-16(2,3)19-9-11-6-7-20-15(11)10-21-12-4-5-13(17)14(18)8-12/h4-8,19H,9-10H2,1-3H3. The number of hydrogen-bond acceptors (Lipinski definition) is 3. The van der Waals surface area contributed by atoms with Gasteiger partial charge in [-0.05, 0) is 39.0 Å². The first-order chi connectivity index (χ1) is 9.85. The van der Waals surface area contributed by atoms with Gasteiger partial charge in [-0.15, -0.1) is 0 Å². The summed E-state index contributed by atoms with van der Waals surface area (Å²) in [6, 6.07) is 6.26. The molecule has 0 unspecified atom stereocenters. The van der Waals surface area contributed by atoms with Gasteiger partial charge < -0.3 is 14.5 Å². The molecule has 2 rings (SSSR count). The third-order valence-corrected chi connectivity index (χ3v) is 3.21. The highest BCUT2D eigenvalue weighted by Gasteiger charge is 2.13. The Morgan fingerprint density at radius 3 is 2.71 bits per heavy atom. The molecule has 0 radical (unpaired) electrons. The van der Waals surface area contributed by atoms with E-state index in [1.807, 2.05) is 6.07 Å². The topological polar surface area (TPSA) is 34.4 Å². The molecule has 114 valence electrons. The zero-order chi connectivity index (χ0) is 15.5. The minimum atomic E-state index is -0.497. The van der Waals surface area contributed by atoms with Crippen molar-refractivity contribution in [2.75, 3.05) is 0 Å². The van der Waals surface area contributed by atoms with Crippen molar-refractivity contribution in [3.8, 4) is 5.75 Å². The van der Waals surface area contributed by atoms with Crippen molar-refractivity contribution in [2.24, 2.45) is 0 Å². The van der Waals surface area contributed by atoms with Crippen LogP contribution < -0.4 is 10.1 Å². The Bertz CT molecular complexity index is 605. The molecule has 0 amide bonds. The summed E-state index contributed by atoms with van der Waals surface area (Å²) in [5.41, 5.74) is 1.05. The molecule has 0 aliphatic carbocycles. The first-order valence-corrected chi connectivity index (χ1v) is 7.11. The summed E-state index contributed by atoms with van der Waals surface area (Å²) in [5.74, 6) is 0.647. The first-order valence-electron chi connectivity index (χ1n) is 6.73. The molecule has 5 heteroatoms. The van der Waals surface area contributed by atoms with Gasteiger partial charge in [-0.3, -0.25) is 0 Å². The molecule has 2 aromatic rings. The minimum Gasteiger partial charge on any atom is -0.486 e. The molecule has 0 saturated heterocycles. The smallest absolute Gasteiger partial charge is 0.146 e. The molecule has 0 fully saturated rings. The second-order valence-electron chi connectivity index (χ2n) is 5.84. The van der Waals surface area contributed by atoms with E-state index >= 15 is 0 Å². The zero-order valence-corrected chi connectivity index (χ0v) is 13.1. The maximum Gasteiger partial charge on any atom is 0.146 e. The summed E-state index contributed by atoms with van der Waals surface area (Å²) in [6.07, 6.45) is 1.63. The van der Waals surface area contributed by atoms with E-state index in [2.05, 4.69) is 26.1 Å². The highest BCUT2D eigenvalue weighted by Crippen LogP contribution is 2.22. The van der Waals surface area contributed by atoms with E-state index in [0.29, 0.717) is 12.3 Å². The first kappa shape index (κ1) is 15.9. The van der Waals surface area contributed by atoms with Crippen LogP contribution in [0.5, 0.6) is 5.75 Å². The lowest BCUT2D eigenvalue weighted by atomic mass is 10.1. The lowest BCUT2D eigenvalue weighted by molar-refractivity contribution is 0.266. The van der Waals surface area contributed by atoms with Gasteiger partial charge in [-0.1, -0.05) is 11.6 Å². The van der Waals surface area contributed by atoms with Gasteiger partial charge in [0.25, 0.3) is 0 Å². The van der Waals surface area contributed by atoms with E-state index < -0.39 is 5.82 Å². The Morgan fingerprint density at radius 1 is 1.29 bits per heavy atom. The van der Waals surface area contributed by atoms with Crippen molar-refractivity contribution < 1.29 is 13.5 Å². The van der Waals surface area contributed by atoms with Crippen molar-refractivity contribution >= 4 is 11.6 Å². The molecular weight excluding hydrogens is 293 g/mol. The SMILES string of the molecule is CC(C)(C)NCc1ccoc1COc1ccc(Cl)c(F)c1. The van der Waals surface area contributed by atoms with E-state index in [1.54, 1.807) is 12.3 Å². The van der Waals surface area contributed by atoms with Crippen LogP contribution in [0.1, 0.15) is 32.1 Å². The van der Waals surface area contributed by atoms with Crippen LogP contribution in [0, 0.1) is 5.82 Å². The molecule has 0 atom stereocenters. The second kappa shape index (κ2) is 6.50. The Balaban J connectivity index is 1.97. The van der Waals surface area contributed by atoms with Crippen LogP contribution in [0.3, 0.4) is 0 Å². The molecule has 21 heavy (non-hydrogen) atoms. The summed E-state index contributed by atoms with van der Waals surface area (Å²) >= 11 is 5.63. The number of nitrogens with one attached hydrogen (secondary N) is 1. The lowest BCUT2D eigenvalue weighted by Gasteiger charge is -2.20. The molecule has 0 spiro atoms. The maximum atomic E-state index is 13.3. The summed E-state index contributed by atoms with van der Waals surface area (Å²) in [4.78, 5) is 0. The molecule has 0 aliphatic heterocycles. The fourth-order valence-corrected chi connectivity index (χ4v) is 1.84. The molecule has 1 N–H and O–H groups in total. The molecular formula is C16H19ClFNO2. The van der Waals surface area contributed by atoms with Crippen LogP contribution in [0.2, 0.25) is 5.02 Å². The van der Waals surface area contributed by atoms with Gasteiger partial charge in [0, 0.05) is 23.7 Å². The second-order valence-corrected chi connectivity index (χ2v) is 6.24. The van der Waals surface area contributed by atoms with Crippen LogP contribution in [-0.4, -0.2) is 5.54 Å². The van der Waals surface area contributed by atoms with Gasteiger partial charge in [-0.25, -0.2) is 4.39 Å². The Labute approximate surface area is 129 Å². The molecule has 3 nitrogen and oxygen atoms in total. The number of hydrogen-bond donors (Lipinski definition) is 1. The number of rotatable bonds is 5. The number of furan rings is 1. The molecule has 1 aromatic heterocycles. The van der Waals surface area contributed by atoms with Crippen LogP contribution in [-0.2, 0) is 13.2 Å². The van der Waals surface area contributed by atoms with E-state index in [1.165, 1.54) is 12.1 Å². The lowest BCUT2D eigenvalue weighted by Crippen LogP contribution is -2.35. The van der Waals surface area contributed by atoms with Gasteiger partial charge in [0.1, 0.15) is 23.9 Å². The Hall–Kier alpha value is -1.52. The quantitative estimate of drug-likeness (QED) is 0.880.